The monoisotopic (exact) mass is 248 g/mol. The highest BCUT2D eigenvalue weighted by Gasteiger charge is 2.36. The second-order valence-corrected chi connectivity index (χ2v) is 4.75. The molecule has 2 fully saturated rings. The summed E-state index contributed by atoms with van der Waals surface area (Å²) >= 11 is 0. The van der Waals surface area contributed by atoms with Gasteiger partial charge in [0.15, 0.2) is 0 Å². The molecule has 1 atom stereocenters. The Hall–Kier alpha value is -0.320. The lowest BCUT2D eigenvalue weighted by Gasteiger charge is -2.32. The van der Waals surface area contributed by atoms with Gasteiger partial charge in [-0.05, 0) is 19.3 Å². The molecule has 2 aliphatic rings. The molecule has 1 saturated heterocycles. The number of nitrogens with two attached hydrogens (primary N) is 1. The van der Waals surface area contributed by atoms with Crippen LogP contribution in [0.2, 0.25) is 0 Å². The van der Waals surface area contributed by atoms with Gasteiger partial charge in [-0.3, -0.25) is 4.79 Å². The van der Waals surface area contributed by atoms with E-state index in [4.69, 9.17) is 10.5 Å². The van der Waals surface area contributed by atoms with E-state index < -0.39 is 5.54 Å². The summed E-state index contributed by atoms with van der Waals surface area (Å²) in [5.41, 5.74) is 5.52. The number of rotatable bonds is 2. The summed E-state index contributed by atoms with van der Waals surface area (Å²) in [7, 11) is 0. The number of amides is 1. The van der Waals surface area contributed by atoms with Crippen molar-refractivity contribution in [2.75, 3.05) is 13.2 Å². The first-order chi connectivity index (χ1) is 7.21. The van der Waals surface area contributed by atoms with Crippen molar-refractivity contribution in [2.45, 2.75) is 50.1 Å². The molecule has 5 heteroatoms. The van der Waals surface area contributed by atoms with Gasteiger partial charge in [0.05, 0.1) is 18.2 Å². The third-order valence-corrected chi connectivity index (χ3v) is 3.46. The average Bonchev–Trinajstić information content (AvgIpc) is 2.71. The first kappa shape index (κ1) is 13.7. The Labute approximate surface area is 103 Å². The molecule has 0 aromatic carbocycles. The van der Waals surface area contributed by atoms with E-state index in [1.165, 1.54) is 6.42 Å². The van der Waals surface area contributed by atoms with Gasteiger partial charge in [0.1, 0.15) is 0 Å². The van der Waals surface area contributed by atoms with Crippen LogP contribution in [0.15, 0.2) is 0 Å². The molecule has 16 heavy (non-hydrogen) atoms. The fourth-order valence-electron chi connectivity index (χ4n) is 2.39. The van der Waals surface area contributed by atoms with Gasteiger partial charge in [0, 0.05) is 6.61 Å². The number of halogens is 1. The molecular weight excluding hydrogens is 228 g/mol. The molecule has 1 aliphatic carbocycles. The Kier molecular flexibility index (Phi) is 5.02. The Bertz CT molecular complexity index is 236. The molecule has 1 amide bonds. The Morgan fingerprint density at radius 1 is 1.31 bits per heavy atom. The topological polar surface area (TPSA) is 64.4 Å². The molecule has 1 unspecified atom stereocenters. The average molecular weight is 249 g/mol. The molecule has 0 aromatic heterocycles. The number of carbonyl (C=O) groups is 1. The molecule has 4 nitrogen and oxygen atoms in total. The van der Waals surface area contributed by atoms with E-state index in [9.17, 15) is 4.79 Å². The molecule has 0 bridgehead atoms. The second-order valence-electron chi connectivity index (χ2n) is 4.75. The Morgan fingerprint density at radius 3 is 2.56 bits per heavy atom. The maximum atomic E-state index is 12.0. The van der Waals surface area contributed by atoms with Crippen LogP contribution in [0.3, 0.4) is 0 Å². The van der Waals surface area contributed by atoms with E-state index in [-0.39, 0.29) is 24.4 Å². The first-order valence-electron chi connectivity index (χ1n) is 5.88. The van der Waals surface area contributed by atoms with Gasteiger partial charge in [-0.15, -0.1) is 12.4 Å². The lowest BCUT2D eigenvalue weighted by Crippen LogP contribution is -2.57. The molecule has 0 radical (unpaired) electrons. The van der Waals surface area contributed by atoms with Gasteiger partial charge in [0.25, 0.3) is 0 Å². The number of ether oxygens (including phenoxy) is 1. The van der Waals surface area contributed by atoms with E-state index in [1.54, 1.807) is 0 Å². The molecule has 3 N–H and O–H groups in total. The van der Waals surface area contributed by atoms with E-state index in [0.29, 0.717) is 6.61 Å². The van der Waals surface area contributed by atoms with Gasteiger partial charge >= 0.3 is 0 Å². The van der Waals surface area contributed by atoms with E-state index in [2.05, 4.69) is 5.32 Å². The minimum atomic E-state index is -0.610. The standard InChI is InChI=1S/C11H20N2O2.ClH/c12-11(5-2-1-3-6-11)10(14)13-9-4-7-15-8-9;/h9H,1-8,12H2,(H,13,14);1H. The van der Waals surface area contributed by atoms with Crippen molar-refractivity contribution in [1.29, 1.82) is 0 Å². The van der Waals surface area contributed by atoms with Crippen LogP contribution in [0.1, 0.15) is 38.5 Å². The minimum absolute atomic E-state index is 0. The molecule has 1 aliphatic heterocycles. The van der Waals surface area contributed by atoms with Crippen molar-refractivity contribution in [1.82, 2.24) is 5.32 Å². The van der Waals surface area contributed by atoms with Gasteiger partial charge in [-0.25, -0.2) is 0 Å². The molecular formula is C11H21ClN2O2. The van der Waals surface area contributed by atoms with Crippen LogP contribution in [-0.4, -0.2) is 30.7 Å². The highest BCUT2D eigenvalue weighted by atomic mass is 35.5. The van der Waals surface area contributed by atoms with E-state index in [1.807, 2.05) is 0 Å². The summed E-state index contributed by atoms with van der Waals surface area (Å²) in [6, 6.07) is 0.180. The normalized spacial score (nSPS) is 28.2. The van der Waals surface area contributed by atoms with Crippen LogP contribution in [0, 0.1) is 0 Å². The summed E-state index contributed by atoms with van der Waals surface area (Å²) in [6.07, 6.45) is 5.93. The van der Waals surface area contributed by atoms with Crippen molar-refractivity contribution in [3.63, 3.8) is 0 Å². The van der Waals surface area contributed by atoms with Crippen molar-refractivity contribution < 1.29 is 9.53 Å². The lowest BCUT2D eigenvalue weighted by molar-refractivity contribution is -0.128. The maximum Gasteiger partial charge on any atom is 0.240 e. The molecule has 1 saturated carbocycles. The number of carbonyl (C=O) groups excluding carboxylic acids is 1. The van der Waals surface area contributed by atoms with Crippen molar-refractivity contribution in [3.05, 3.63) is 0 Å². The first-order valence-corrected chi connectivity index (χ1v) is 5.88. The maximum absolute atomic E-state index is 12.0. The highest BCUT2D eigenvalue weighted by molar-refractivity contribution is 5.86. The van der Waals surface area contributed by atoms with Crippen LogP contribution in [0.4, 0.5) is 0 Å². The van der Waals surface area contributed by atoms with Gasteiger partial charge in [0.2, 0.25) is 5.91 Å². The van der Waals surface area contributed by atoms with Crippen LogP contribution >= 0.6 is 12.4 Å². The van der Waals surface area contributed by atoms with Crippen LogP contribution in [0.5, 0.6) is 0 Å². The van der Waals surface area contributed by atoms with Gasteiger partial charge < -0.3 is 15.8 Å². The third kappa shape index (κ3) is 3.09. The van der Waals surface area contributed by atoms with Crippen molar-refractivity contribution in [2.24, 2.45) is 5.73 Å². The predicted octanol–water partition coefficient (Wildman–Crippen LogP) is 0.975. The zero-order valence-electron chi connectivity index (χ0n) is 9.54. The zero-order chi connectivity index (χ0) is 10.7. The molecule has 94 valence electrons. The fourth-order valence-corrected chi connectivity index (χ4v) is 2.39. The molecule has 2 rings (SSSR count). The second kappa shape index (κ2) is 5.84. The van der Waals surface area contributed by atoms with Crippen LogP contribution in [0.25, 0.3) is 0 Å². The summed E-state index contributed by atoms with van der Waals surface area (Å²) in [5, 5.41) is 3.00. The van der Waals surface area contributed by atoms with E-state index >= 15 is 0 Å². The number of hydrogen-bond donors (Lipinski definition) is 2. The summed E-state index contributed by atoms with van der Waals surface area (Å²) in [4.78, 5) is 12.0. The predicted molar refractivity (Wildman–Crippen MR) is 64.6 cm³/mol. The van der Waals surface area contributed by atoms with Gasteiger partial charge in [-0.1, -0.05) is 19.3 Å². The van der Waals surface area contributed by atoms with Gasteiger partial charge in [-0.2, -0.15) is 0 Å². The largest absolute Gasteiger partial charge is 0.379 e. The quantitative estimate of drug-likeness (QED) is 0.766. The minimum Gasteiger partial charge on any atom is -0.379 e. The number of hydrogen-bond acceptors (Lipinski definition) is 3. The van der Waals surface area contributed by atoms with E-state index in [0.717, 1.165) is 38.7 Å². The lowest BCUT2D eigenvalue weighted by atomic mass is 9.82. The number of nitrogens with one attached hydrogen (secondary N) is 1. The third-order valence-electron chi connectivity index (χ3n) is 3.46. The molecule has 0 aromatic rings. The highest BCUT2D eigenvalue weighted by Crippen LogP contribution is 2.26. The summed E-state index contributed by atoms with van der Waals surface area (Å²) in [6.45, 7) is 1.39. The fraction of sp³-hybridized carbons (Fsp3) is 0.909. The Balaban J connectivity index is 0.00000128. The SMILES string of the molecule is Cl.NC1(C(=O)NC2CCOC2)CCCCC1. The summed E-state index contributed by atoms with van der Waals surface area (Å²) < 4.78 is 5.22. The molecule has 1 heterocycles. The van der Waals surface area contributed by atoms with Crippen molar-refractivity contribution in [3.8, 4) is 0 Å². The Morgan fingerprint density at radius 2 is 2.00 bits per heavy atom. The van der Waals surface area contributed by atoms with Crippen molar-refractivity contribution >= 4 is 18.3 Å². The zero-order valence-corrected chi connectivity index (χ0v) is 10.4. The smallest absolute Gasteiger partial charge is 0.240 e. The van der Waals surface area contributed by atoms with Crippen LogP contribution in [-0.2, 0) is 9.53 Å². The summed E-state index contributed by atoms with van der Waals surface area (Å²) in [5.74, 6) is 0.0256. The molecule has 0 spiro atoms. The van der Waals surface area contributed by atoms with Crippen LogP contribution < -0.4 is 11.1 Å².